The van der Waals surface area contributed by atoms with E-state index in [0.717, 1.165) is 5.56 Å². The minimum atomic E-state index is -0.130. The van der Waals surface area contributed by atoms with E-state index in [-0.39, 0.29) is 11.9 Å². The van der Waals surface area contributed by atoms with Crippen LogP contribution in [0.25, 0.3) is 0 Å². The van der Waals surface area contributed by atoms with Crippen LogP contribution in [0.4, 0.5) is 0 Å². The largest absolute Gasteiger partial charge is 0.493 e. The average molecular weight is 348 g/mol. The number of amides is 1. The molecule has 1 atom stereocenters. The third-order valence-electron chi connectivity index (χ3n) is 3.95. The maximum absolute atomic E-state index is 12.8. The van der Waals surface area contributed by atoms with E-state index in [1.165, 1.54) is 7.11 Å². The Bertz CT molecular complexity index is 703. The average Bonchev–Trinajstić information content (AvgIpc) is 2.62. The lowest BCUT2D eigenvalue weighted by atomic mass is 10.1. The number of benzene rings is 2. The molecule has 1 unspecified atom stereocenters. The third kappa shape index (κ3) is 3.82. The summed E-state index contributed by atoms with van der Waals surface area (Å²) in [6.45, 7) is 4.32. The van der Waals surface area contributed by atoms with Gasteiger partial charge in [0.25, 0.3) is 5.91 Å². The summed E-state index contributed by atoms with van der Waals surface area (Å²) < 4.78 is 10.8. The molecule has 2 aromatic carbocycles. The first-order valence-corrected chi connectivity index (χ1v) is 8.19. The highest BCUT2D eigenvalue weighted by atomic mass is 35.5. The van der Waals surface area contributed by atoms with E-state index in [0.29, 0.717) is 28.7 Å². The van der Waals surface area contributed by atoms with E-state index < -0.39 is 0 Å². The number of nitrogens with zero attached hydrogens (tertiary/aromatic N) is 1. The van der Waals surface area contributed by atoms with Crippen molar-refractivity contribution in [3.63, 3.8) is 0 Å². The van der Waals surface area contributed by atoms with Gasteiger partial charge in [-0.15, -0.1) is 0 Å². The molecule has 1 amide bonds. The van der Waals surface area contributed by atoms with Crippen molar-refractivity contribution >= 4 is 17.5 Å². The van der Waals surface area contributed by atoms with Gasteiger partial charge in [-0.2, -0.15) is 0 Å². The molecule has 0 spiro atoms. The van der Waals surface area contributed by atoms with Gasteiger partial charge in [0.15, 0.2) is 11.5 Å². The van der Waals surface area contributed by atoms with E-state index >= 15 is 0 Å². The summed E-state index contributed by atoms with van der Waals surface area (Å²) in [5.74, 6) is 0.778. The smallest absolute Gasteiger partial charge is 0.254 e. The summed E-state index contributed by atoms with van der Waals surface area (Å²) in [5.41, 5.74) is 1.53. The molecule has 2 rings (SSSR count). The Morgan fingerprint density at radius 2 is 1.92 bits per heavy atom. The Hall–Kier alpha value is -2.20. The van der Waals surface area contributed by atoms with Crippen LogP contribution in [0.3, 0.4) is 0 Å². The summed E-state index contributed by atoms with van der Waals surface area (Å²) >= 11 is 6.26. The van der Waals surface area contributed by atoms with Crippen molar-refractivity contribution in [3.8, 4) is 11.5 Å². The highest BCUT2D eigenvalue weighted by molar-refractivity contribution is 6.32. The van der Waals surface area contributed by atoms with E-state index in [1.54, 1.807) is 24.1 Å². The lowest BCUT2D eigenvalue weighted by Gasteiger charge is -2.26. The topological polar surface area (TPSA) is 38.8 Å². The second-order valence-corrected chi connectivity index (χ2v) is 5.83. The SMILES string of the molecule is CCOc1c(Cl)cc(C(=O)N(C)C(C)c2ccccc2)cc1OC. The molecule has 2 aromatic rings. The van der Waals surface area contributed by atoms with Crippen LogP contribution in [0.2, 0.25) is 5.02 Å². The van der Waals surface area contributed by atoms with Crippen LogP contribution in [0.1, 0.15) is 35.8 Å². The summed E-state index contributed by atoms with van der Waals surface area (Å²) in [7, 11) is 3.30. The molecule has 0 aromatic heterocycles. The number of methoxy groups -OCH3 is 1. The van der Waals surface area contributed by atoms with Gasteiger partial charge in [0, 0.05) is 12.6 Å². The second kappa shape index (κ2) is 8.06. The van der Waals surface area contributed by atoms with Gasteiger partial charge in [0.2, 0.25) is 0 Å². The van der Waals surface area contributed by atoms with Gasteiger partial charge < -0.3 is 14.4 Å². The molecule has 4 nitrogen and oxygen atoms in total. The Labute approximate surface area is 147 Å². The van der Waals surface area contributed by atoms with E-state index in [1.807, 2.05) is 44.2 Å². The molecular weight excluding hydrogens is 326 g/mol. The van der Waals surface area contributed by atoms with Crippen molar-refractivity contribution in [3.05, 3.63) is 58.6 Å². The van der Waals surface area contributed by atoms with Crippen molar-refractivity contribution < 1.29 is 14.3 Å². The molecule has 0 bridgehead atoms. The quantitative estimate of drug-likeness (QED) is 0.767. The predicted octanol–water partition coefficient (Wildman–Crippen LogP) is 4.58. The maximum atomic E-state index is 12.8. The molecule has 0 aliphatic carbocycles. The molecular formula is C19H22ClNO3. The zero-order chi connectivity index (χ0) is 17.7. The predicted molar refractivity (Wildman–Crippen MR) is 96.1 cm³/mol. The van der Waals surface area contributed by atoms with Crippen LogP contribution >= 0.6 is 11.6 Å². The lowest BCUT2D eigenvalue weighted by molar-refractivity contribution is 0.0742. The normalized spacial score (nSPS) is 11.7. The number of rotatable bonds is 6. The van der Waals surface area contributed by atoms with Crippen LogP contribution in [0.15, 0.2) is 42.5 Å². The fourth-order valence-corrected chi connectivity index (χ4v) is 2.73. The van der Waals surface area contributed by atoms with Gasteiger partial charge in [-0.25, -0.2) is 0 Å². The summed E-state index contributed by atoms with van der Waals surface area (Å²) in [6, 6.07) is 13.1. The van der Waals surface area contributed by atoms with Gasteiger partial charge in [0.05, 0.1) is 24.8 Å². The first-order chi connectivity index (χ1) is 11.5. The molecule has 0 saturated carbocycles. The van der Waals surface area contributed by atoms with Crippen molar-refractivity contribution in [1.82, 2.24) is 4.90 Å². The van der Waals surface area contributed by atoms with Gasteiger partial charge >= 0.3 is 0 Å². The molecule has 128 valence electrons. The molecule has 0 saturated heterocycles. The Morgan fingerprint density at radius 1 is 1.25 bits per heavy atom. The van der Waals surface area contributed by atoms with Crippen LogP contribution in [-0.2, 0) is 0 Å². The Morgan fingerprint density at radius 3 is 2.50 bits per heavy atom. The fraction of sp³-hybridized carbons (Fsp3) is 0.316. The highest BCUT2D eigenvalue weighted by Gasteiger charge is 2.22. The molecule has 5 heteroatoms. The van der Waals surface area contributed by atoms with Crippen LogP contribution in [0.5, 0.6) is 11.5 Å². The van der Waals surface area contributed by atoms with Gasteiger partial charge in [-0.1, -0.05) is 41.9 Å². The molecule has 0 aliphatic rings. The molecule has 0 radical (unpaired) electrons. The van der Waals surface area contributed by atoms with Gasteiger partial charge in [0.1, 0.15) is 0 Å². The standard InChI is InChI=1S/C19H22ClNO3/c1-5-24-18-16(20)11-15(12-17(18)23-4)19(22)21(3)13(2)14-9-7-6-8-10-14/h6-13H,5H2,1-4H3. The van der Waals surface area contributed by atoms with Crippen molar-refractivity contribution in [2.24, 2.45) is 0 Å². The van der Waals surface area contributed by atoms with Crippen molar-refractivity contribution in [2.45, 2.75) is 19.9 Å². The summed E-state index contributed by atoms with van der Waals surface area (Å²) in [6.07, 6.45) is 0. The summed E-state index contributed by atoms with van der Waals surface area (Å²) in [4.78, 5) is 14.5. The van der Waals surface area contributed by atoms with Gasteiger partial charge in [-0.05, 0) is 31.5 Å². The van der Waals surface area contributed by atoms with Crippen LogP contribution in [0, 0.1) is 0 Å². The Kier molecular flexibility index (Phi) is 6.10. The first kappa shape index (κ1) is 18.1. The number of carbonyl (C=O) groups excluding carboxylic acids is 1. The fourth-order valence-electron chi connectivity index (χ4n) is 2.46. The zero-order valence-electron chi connectivity index (χ0n) is 14.4. The molecule has 0 aliphatic heterocycles. The number of ether oxygens (including phenoxy) is 2. The molecule has 0 heterocycles. The second-order valence-electron chi connectivity index (χ2n) is 5.43. The number of halogens is 1. The lowest BCUT2D eigenvalue weighted by Crippen LogP contribution is -2.29. The van der Waals surface area contributed by atoms with E-state index in [2.05, 4.69) is 0 Å². The highest BCUT2D eigenvalue weighted by Crippen LogP contribution is 2.37. The summed E-state index contributed by atoms with van der Waals surface area (Å²) in [5, 5.41) is 0.361. The number of carbonyl (C=O) groups is 1. The third-order valence-corrected chi connectivity index (χ3v) is 4.23. The first-order valence-electron chi connectivity index (χ1n) is 7.82. The molecule has 0 fully saturated rings. The van der Waals surface area contributed by atoms with Crippen molar-refractivity contribution in [1.29, 1.82) is 0 Å². The Balaban J connectivity index is 2.30. The minimum absolute atomic E-state index is 0.0601. The van der Waals surface area contributed by atoms with Gasteiger partial charge in [-0.3, -0.25) is 4.79 Å². The van der Waals surface area contributed by atoms with Crippen LogP contribution in [-0.4, -0.2) is 31.6 Å². The van der Waals surface area contributed by atoms with E-state index in [9.17, 15) is 4.79 Å². The van der Waals surface area contributed by atoms with Crippen molar-refractivity contribution in [2.75, 3.05) is 20.8 Å². The zero-order valence-corrected chi connectivity index (χ0v) is 15.1. The minimum Gasteiger partial charge on any atom is -0.493 e. The molecule has 0 N–H and O–H groups in total. The van der Waals surface area contributed by atoms with Crippen LogP contribution < -0.4 is 9.47 Å². The number of hydrogen-bond donors (Lipinski definition) is 0. The monoisotopic (exact) mass is 347 g/mol. The molecule has 24 heavy (non-hydrogen) atoms. The number of hydrogen-bond acceptors (Lipinski definition) is 3. The maximum Gasteiger partial charge on any atom is 0.254 e. The van der Waals surface area contributed by atoms with E-state index in [4.69, 9.17) is 21.1 Å².